The molecule has 18 heavy (non-hydrogen) atoms. The predicted octanol–water partition coefficient (Wildman–Crippen LogP) is 1.77. The van der Waals surface area contributed by atoms with Gasteiger partial charge >= 0.3 is 0 Å². The highest BCUT2D eigenvalue weighted by atomic mass is 16.6. The minimum absolute atomic E-state index is 0.0485. The van der Waals surface area contributed by atoms with Crippen molar-refractivity contribution >= 4 is 17.7 Å². The molecule has 2 aromatic rings. The molecule has 0 fully saturated rings. The van der Waals surface area contributed by atoms with Gasteiger partial charge < -0.3 is 4.57 Å². The monoisotopic (exact) mass is 245 g/mol. The van der Waals surface area contributed by atoms with Gasteiger partial charge in [0.2, 0.25) is 0 Å². The molecule has 0 spiro atoms. The van der Waals surface area contributed by atoms with Crippen LogP contribution in [-0.2, 0) is 7.05 Å². The van der Waals surface area contributed by atoms with Gasteiger partial charge in [-0.05, 0) is 12.1 Å². The molecule has 0 saturated heterocycles. The van der Waals surface area contributed by atoms with E-state index >= 15 is 0 Å². The number of nitrogens with one attached hydrogen (secondary N) is 1. The largest absolute Gasteiger partial charge is 0.357 e. The number of hydrazone groups is 1. The second-order valence-electron chi connectivity index (χ2n) is 3.64. The highest BCUT2D eigenvalue weighted by molar-refractivity contribution is 5.79. The van der Waals surface area contributed by atoms with E-state index in [9.17, 15) is 10.1 Å². The van der Waals surface area contributed by atoms with Crippen LogP contribution < -0.4 is 5.43 Å². The number of hydrogen-bond donors (Lipinski definition) is 1. The lowest BCUT2D eigenvalue weighted by Crippen LogP contribution is -1.94. The Morgan fingerprint density at radius 3 is 2.89 bits per heavy atom. The van der Waals surface area contributed by atoms with Gasteiger partial charge in [0.05, 0.1) is 11.1 Å². The number of rotatable bonds is 4. The number of anilines is 1. The van der Waals surface area contributed by atoms with Gasteiger partial charge in [-0.15, -0.1) is 0 Å². The van der Waals surface area contributed by atoms with E-state index in [-0.39, 0.29) is 5.69 Å². The molecule has 0 amide bonds. The van der Waals surface area contributed by atoms with Crippen LogP contribution in [0.5, 0.6) is 0 Å². The summed E-state index contributed by atoms with van der Waals surface area (Å²) in [5.41, 5.74) is 3.60. The van der Waals surface area contributed by atoms with Crippen LogP contribution in [0.3, 0.4) is 0 Å². The average Bonchev–Trinajstić information content (AvgIpc) is 2.76. The average molecular weight is 245 g/mol. The first kappa shape index (κ1) is 11.8. The van der Waals surface area contributed by atoms with Gasteiger partial charge in [-0.3, -0.25) is 15.5 Å². The fraction of sp³-hybridized carbons (Fsp3) is 0.0909. The molecule has 0 atom stereocenters. The van der Waals surface area contributed by atoms with Gasteiger partial charge in [-0.25, -0.2) is 4.98 Å². The third-order valence-corrected chi connectivity index (χ3v) is 2.21. The Hall–Kier alpha value is -2.70. The molecule has 1 N–H and O–H groups in total. The van der Waals surface area contributed by atoms with Crippen molar-refractivity contribution in [2.45, 2.75) is 0 Å². The Morgan fingerprint density at radius 2 is 2.33 bits per heavy atom. The molecule has 0 aromatic carbocycles. The number of nitrogens with zero attached hydrogens (tertiary/aromatic N) is 4. The summed E-state index contributed by atoms with van der Waals surface area (Å²) in [5.74, 6) is 0.452. The number of hydrogen-bond acceptors (Lipinski definition) is 5. The van der Waals surface area contributed by atoms with E-state index in [1.807, 2.05) is 30.1 Å². The first-order valence-corrected chi connectivity index (χ1v) is 5.16. The van der Waals surface area contributed by atoms with Crippen LogP contribution in [0.2, 0.25) is 0 Å². The lowest BCUT2D eigenvalue weighted by atomic mass is 10.4. The molecule has 7 nitrogen and oxygen atoms in total. The first-order chi connectivity index (χ1) is 8.65. The van der Waals surface area contributed by atoms with E-state index in [0.717, 1.165) is 5.56 Å². The molecule has 2 aromatic heterocycles. The van der Waals surface area contributed by atoms with Crippen molar-refractivity contribution in [2.24, 2.45) is 12.1 Å². The Labute approximate surface area is 103 Å². The maximum atomic E-state index is 10.4. The topological polar surface area (TPSA) is 85.3 Å². The molecule has 0 bridgehead atoms. The maximum absolute atomic E-state index is 10.4. The smallest absolute Gasteiger partial charge is 0.287 e. The predicted molar refractivity (Wildman–Crippen MR) is 67.5 cm³/mol. The van der Waals surface area contributed by atoms with E-state index in [1.54, 1.807) is 6.21 Å². The molecule has 0 saturated carbocycles. The minimum atomic E-state index is -0.496. The summed E-state index contributed by atoms with van der Waals surface area (Å²) in [6.45, 7) is 0. The Kier molecular flexibility index (Phi) is 3.33. The van der Waals surface area contributed by atoms with Gasteiger partial charge in [0.15, 0.2) is 0 Å². The standard InChI is InChI=1S/C11H11N5O2/c1-15-5-4-9(8-15)6-13-14-11-3-2-10(7-12-11)16(17)18/h2-8H,1H3,(H,12,14)/b13-6-. The van der Waals surface area contributed by atoms with Gasteiger partial charge in [0.1, 0.15) is 12.0 Å². The third kappa shape index (κ3) is 2.91. The van der Waals surface area contributed by atoms with Crippen LogP contribution in [0, 0.1) is 10.1 Å². The van der Waals surface area contributed by atoms with Crippen LogP contribution in [0.1, 0.15) is 5.56 Å². The van der Waals surface area contributed by atoms with Crippen LogP contribution in [0.4, 0.5) is 11.5 Å². The fourth-order valence-electron chi connectivity index (χ4n) is 1.33. The summed E-state index contributed by atoms with van der Waals surface area (Å²) in [7, 11) is 1.92. The second kappa shape index (κ2) is 5.09. The lowest BCUT2D eigenvalue weighted by Gasteiger charge is -1.97. The molecule has 2 rings (SSSR count). The van der Waals surface area contributed by atoms with Crippen molar-refractivity contribution in [1.29, 1.82) is 0 Å². The van der Waals surface area contributed by atoms with E-state index in [2.05, 4.69) is 15.5 Å². The molecule has 0 aliphatic heterocycles. The quantitative estimate of drug-likeness (QED) is 0.505. The number of pyridine rings is 1. The number of aromatic nitrogens is 2. The van der Waals surface area contributed by atoms with Crippen molar-refractivity contribution in [3.8, 4) is 0 Å². The zero-order valence-corrected chi connectivity index (χ0v) is 9.65. The van der Waals surface area contributed by atoms with Crippen LogP contribution in [0.25, 0.3) is 0 Å². The number of nitro groups is 1. The molecule has 0 aliphatic carbocycles. The SMILES string of the molecule is Cn1ccc(/C=N\Nc2ccc([N+](=O)[O-])cn2)c1. The van der Waals surface area contributed by atoms with Gasteiger partial charge in [0.25, 0.3) is 5.69 Å². The summed E-state index contributed by atoms with van der Waals surface area (Å²) in [6, 6.07) is 4.78. The van der Waals surface area contributed by atoms with E-state index in [0.29, 0.717) is 5.82 Å². The highest BCUT2D eigenvalue weighted by Gasteiger charge is 2.04. The van der Waals surface area contributed by atoms with Crippen molar-refractivity contribution in [1.82, 2.24) is 9.55 Å². The molecule has 7 heteroatoms. The van der Waals surface area contributed by atoms with Gasteiger partial charge in [-0.2, -0.15) is 5.10 Å². The van der Waals surface area contributed by atoms with E-state index < -0.39 is 4.92 Å². The maximum Gasteiger partial charge on any atom is 0.287 e. The third-order valence-electron chi connectivity index (χ3n) is 2.21. The van der Waals surface area contributed by atoms with Crippen molar-refractivity contribution in [2.75, 3.05) is 5.43 Å². The summed E-state index contributed by atoms with van der Waals surface area (Å²) >= 11 is 0. The Bertz CT molecular complexity index is 573. The lowest BCUT2D eigenvalue weighted by molar-refractivity contribution is -0.385. The molecule has 92 valence electrons. The summed E-state index contributed by atoms with van der Waals surface area (Å²) < 4.78 is 1.91. The van der Waals surface area contributed by atoms with Crippen molar-refractivity contribution in [3.05, 3.63) is 52.5 Å². The van der Waals surface area contributed by atoms with Crippen LogP contribution in [-0.4, -0.2) is 20.7 Å². The highest BCUT2D eigenvalue weighted by Crippen LogP contribution is 2.11. The molecular formula is C11H11N5O2. The Morgan fingerprint density at radius 1 is 1.50 bits per heavy atom. The normalized spacial score (nSPS) is 10.7. The van der Waals surface area contributed by atoms with Crippen molar-refractivity contribution < 1.29 is 4.92 Å². The molecule has 0 aliphatic rings. The molecule has 2 heterocycles. The van der Waals surface area contributed by atoms with E-state index in [1.165, 1.54) is 18.3 Å². The van der Waals surface area contributed by atoms with E-state index in [4.69, 9.17) is 0 Å². The van der Waals surface area contributed by atoms with Crippen LogP contribution >= 0.6 is 0 Å². The number of aryl methyl sites for hydroxylation is 1. The summed E-state index contributed by atoms with van der Waals surface area (Å²) in [6.07, 6.45) is 6.64. The minimum Gasteiger partial charge on any atom is -0.357 e. The molecular weight excluding hydrogens is 234 g/mol. The molecule has 0 unspecified atom stereocenters. The van der Waals surface area contributed by atoms with Gasteiger partial charge in [-0.1, -0.05) is 0 Å². The van der Waals surface area contributed by atoms with Gasteiger partial charge in [0, 0.05) is 31.1 Å². The van der Waals surface area contributed by atoms with Crippen molar-refractivity contribution in [3.63, 3.8) is 0 Å². The summed E-state index contributed by atoms with van der Waals surface area (Å²) in [5, 5.41) is 14.4. The zero-order valence-electron chi connectivity index (χ0n) is 9.65. The molecule has 0 radical (unpaired) electrons. The van der Waals surface area contributed by atoms with Crippen LogP contribution in [0.15, 0.2) is 41.9 Å². The fourth-order valence-corrected chi connectivity index (χ4v) is 1.33. The Balaban J connectivity index is 1.98. The zero-order chi connectivity index (χ0) is 13.0. The second-order valence-corrected chi connectivity index (χ2v) is 3.64. The first-order valence-electron chi connectivity index (χ1n) is 5.16. The summed E-state index contributed by atoms with van der Waals surface area (Å²) in [4.78, 5) is 13.8.